The van der Waals surface area contributed by atoms with Crippen LogP contribution < -0.4 is 10.6 Å². The van der Waals surface area contributed by atoms with E-state index in [-0.39, 0.29) is 0 Å². The number of nitrogens with zero attached hydrogens (tertiary/aromatic N) is 4. The standard InChI is InChI=1S/C10H11N5S2/c11-9(16)15(10-14-4-6-17-10)5-1-8-7-12-2-3-13-8/h2-4,6-7H,1,5H2,(H2,11,16). The Morgan fingerprint density at radius 3 is 2.82 bits per heavy atom. The molecule has 17 heavy (non-hydrogen) atoms. The van der Waals surface area contributed by atoms with Gasteiger partial charge in [0.2, 0.25) is 0 Å². The Labute approximate surface area is 108 Å². The van der Waals surface area contributed by atoms with Crippen LogP contribution in [0.15, 0.2) is 30.2 Å². The summed E-state index contributed by atoms with van der Waals surface area (Å²) >= 11 is 6.52. The van der Waals surface area contributed by atoms with Gasteiger partial charge in [-0.15, -0.1) is 11.3 Å². The van der Waals surface area contributed by atoms with Gasteiger partial charge in [0, 0.05) is 43.1 Å². The maximum absolute atomic E-state index is 5.68. The quantitative estimate of drug-likeness (QED) is 0.839. The molecule has 0 bridgehead atoms. The van der Waals surface area contributed by atoms with E-state index in [1.165, 1.54) is 11.3 Å². The predicted molar refractivity (Wildman–Crippen MR) is 72.0 cm³/mol. The lowest BCUT2D eigenvalue weighted by atomic mass is 10.3. The molecule has 0 unspecified atom stereocenters. The van der Waals surface area contributed by atoms with Crippen molar-refractivity contribution in [2.45, 2.75) is 6.42 Å². The van der Waals surface area contributed by atoms with Crippen molar-refractivity contribution in [3.8, 4) is 0 Å². The summed E-state index contributed by atoms with van der Waals surface area (Å²) in [6.45, 7) is 0.654. The van der Waals surface area contributed by atoms with Crippen molar-refractivity contribution in [1.82, 2.24) is 15.0 Å². The lowest BCUT2D eigenvalue weighted by Gasteiger charge is -2.19. The molecule has 0 fully saturated rings. The lowest BCUT2D eigenvalue weighted by Crippen LogP contribution is -2.37. The van der Waals surface area contributed by atoms with Gasteiger partial charge in [-0.2, -0.15) is 0 Å². The van der Waals surface area contributed by atoms with Gasteiger partial charge in [-0.25, -0.2) is 4.98 Å². The number of aromatic nitrogens is 3. The fourth-order valence-corrected chi connectivity index (χ4v) is 2.25. The molecule has 0 atom stereocenters. The molecular formula is C10H11N5S2. The highest BCUT2D eigenvalue weighted by atomic mass is 32.1. The highest BCUT2D eigenvalue weighted by Crippen LogP contribution is 2.17. The van der Waals surface area contributed by atoms with Crippen LogP contribution >= 0.6 is 23.6 Å². The van der Waals surface area contributed by atoms with E-state index in [4.69, 9.17) is 18.0 Å². The molecule has 0 saturated heterocycles. The van der Waals surface area contributed by atoms with Crippen molar-refractivity contribution < 1.29 is 0 Å². The van der Waals surface area contributed by atoms with Crippen LogP contribution in [0.5, 0.6) is 0 Å². The molecule has 5 nitrogen and oxygen atoms in total. The number of thiocarbonyl (C=S) groups is 1. The third-order valence-corrected chi connectivity index (χ3v) is 3.14. The van der Waals surface area contributed by atoms with Crippen molar-refractivity contribution in [2.24, 2.45) is 5.73 Å². The van der Waals surface area contributed by atoms with Crippen molar-refractivity contribution >= 4 is 33.8 Å². The number of rotatable bonds is 4. The molecule has 0 aromatic carbocycles. The summed E-state index contributed by atoms with van der Waals surface area (Å²) in [5, 5.41) is 3.02. The second-order valence-electron chi connectivity index (χ2n) is 3.25. The first-order chi connectivity index (χ1) is 8.27. The minimum absolute atomic E-state index is 0.323. The number of hydrogen-bond acceptors (Lipinski definition) is 5. The fourth-order valence-electron chi connectivity index (χ4n) is 1.33. The topological polar surface area (TPSA) is 67.9 Å². The normalized spacial score (nSPS) is 10.1. The number of anilines is 1. The molecule has 0 radical (unpaired) electrons. The van der Waals surface area contributed by atoms with Gasteiger partial charge in [0.25, 0.3) is 0 Å². The van der Waals surface area contributed by atoms with Crippen LogP contribution in [0, 0.1) is 0 Å². The van der Waals surface area contributed by atoms with Crippen LogP contribution in [0.25, 0.3) is 0 Å². The van der Waals surface area contributed by atoms with Gasteiger partial charge < -0.3 is 5.73 Å². The molecule has 2 N–H and O–H groups in total. The Balaban J connectivity index is 2.03. The first-order valence-corrected chi connectivity index (χ1v) is 6.27. The van der Waals surface area contributed by atoms with Crippen molar-refractivity contribution in [3.05, 3.63) is 35.9 Å². The van der Waals surface area contributed by atoms with E-state index < -0.39 is 0 Å². The van der Waals surface area contributed by atoms with Gasteiger partial charge in [-0.05, 0) is 12.2 Å². The Morgan fingerprint density at radius 2 is 2.24 bits per heavy atom. The zero-order valence-electron chi connectivity index (χ0n) is 8.98. The Bertz CT molecular complexity index is 471. The zero-order chi connectivity index (χ0) is 12.1. The maximum atomic E-state index is 5.68. The number of nitrogens with two attached hydrogens (primary N) is 1. The molecule has 88 valence electrons. The third-order valence-electron chi connectivity index (χ3n) is 2.12. The van der Waals surface area contributed by atoms with Gasteiger partial charge in [0.05, 0.1) is 5.69 Å². The summed E-state index contributed by atoms with van der Waals surface area (Å²) in [5.41, 5.74) is 6.59. The van der Waals surface area contributed by atoms with Gasteiger partial charge in [0.15, 0.2) is 10.2 Å². The van der Waals surface area contributed by atoms with E-state index in [1.807, 2.05) is 5.38 Å². The van der Waals surface area contributed by atoms with E-state index in [1.54, 1.807) is 29.7 Å². The van der Waals surface area contributed by atoms with Crippen LogP contribution in [0.3, 0.4) is 0 Å². The lowest BCUT2D eigenvalue weighted by molar-refractivity contribution is 0.885. The number of thiazole rings is 1. The first-order valence-electron chi connectivity index (χ1n) is 4.98. The largest absolute Gasteiger partial charge is 0.376 e. The van der Waals surface area contributed by atoms with Gasteiger partial charge in [0.1, 0.15) is 0 Å². The third kappa shape index (κ3) is 3.18. The maximum Gasteiger partial charge on any atom is 0.191 e. The molecule has 0 aliphatic rings. The minimum atomic E-state index is 0.323. The Hall–Kier alpha value is -1.60. The van der Waals surface area contributed by atoms with E-state index >= 15 is 0 Å². The van der Waals surface area contributed by atoms with Crippen LogP contribution in [0.2, 0.25) is 0 Å². The average molecular weight is 265 g/mol. The monoisotopic (exact) mass is 265 g/mol. The highest BCUT2D eigenvalue weighted by Gasteiger charge is 2.11. The minimum Gasteiger partial charge on any atom is -0.376 e. The molecule has 0 aliphatic carbocycles. The molecule has 0 saturated carbocycles. The van der Waals surface area contributed by atoms with E-state index in [0.717, 1.165) is 17.2 Å². The molecule has 2 aromatic heterocycles. The molecule has 0 amide bonds. The zero-order valence-corrected chi connectivity index (χ0v) is 10.6. The smallest absolute Gasteiger partial charge is 0.191 e. The van der Waals surface area contributed by atoms with Gasteiger partial charge in [-0.1, -0.05) is 0 Å². The van der Waals surface area contributed by atoms with E-state index in [0.29, 0.717) is 11.7 Å². The van der Waals surface area contributed by atoms with Crippen molar-refractivity contribution in [2.75, 3.05) is 11.4 Å². The second kappa shape index (κ2) is 5.65. The second-order valence-corrected chi connectivity index (χ2v) is 4.54. The summed E-state index contributed by atoms with van der Waals surface area (Å²) in [4.78, 5) is 14.2. The summed E-state index contributed by atoms with van der Waals surface area (Å²) in [6, 6.07) is 0. The predicted octanol–water partition coefficient (Wildman–Crippen LogP) is 1.23. The summed E-state index contributed by atoms with van der Waals surface area (Å²) < 4.78 is 0. The van der Waals surface area contributed by atoms with Crippen LogP contribution in [-0.2, 0) is 6.42 Å². The SMILES string of the molecule is NC(=S)N(CCc1cnccn1)c1nccs1. The van der Waals surface area contributed by atoms with E-state index in [9.17, 15) is 0 Å². The van der Waals surface area contributed by atoms with Gasteiger partial charge in [-0.3, -0.25) is 14.9 Å². The van der Waals surface area contributed by atoms with Crippen LogP contribution in [0.1, 0.15) is 5.69 Å². The molecule has 0 aliphatic heterocycles. The molecule has 2 rings (SSSR count). The first kappa shape index (κ1) is 11.9. The molecule has 2 aromatic rings. The summed E-state index contributed by atoms with van der Waals surface area (Å²) in [5.74, 6) is 0. The average Bonchev–Trinajstić information content (AvgIpc) is 2.84. The summed E-state index contributed by atoms with van der Waals surface area (Å²) in [6.07, 6.45) is 7.51. The molecule has 2 heterocycles. The Kier molecular flexibility index (Phi) is 3.94. The fraction of sp³-hybridized carbons (Fsp3) is 0.200. The summed E-state index contributed by atoms with van der Waals surface area (Å²) in [7, 11) is 0. The van der Waals surface area contributed by atoms with Crippen molar-refractivity contribution in [3.63, 3.8) is 0 Å². The van der Waals surface area contributed by atoms with E-state index in [2.05, 4.69) is 15.0 Å². The Morgan fingerprint density at radius 1 is 1.35 bits per heavy atom. The highest BCUT2D eigenvalue weighted by molar-refractivity contribution is 7.80. The van der Waals surface area contributed by atoms with Gasteiger partial charge >= 0.3 is 0 Å². The van der Waals surface area contributed by atoms with Crippen LogP contribution in [-0.4, -0.2) is 26.6 Å². The molecule has 0 spiro atoms. The van der Waals surface area contributed by atoms with Crippen molar-refractivity contribution in [1.29, 1.82) is 0 Å². The van der Waals surface area contributed by atoms with Crippen LogP contribution in [0.4, 0.5) is 5.13 Å². The molecule has 7 heteroatoms. The molecular weight excluding hydrogens is 254 g/mol. The number of hydrogen-bond donors (Lipinski definition) is 1.